The van der Waals surface area contributed by atoms with Crippen LogP contribution in [0.5, 0.6) is 5.75 Å². The van der Waals surface area contributed by atoms with Gasteiger partial charge >= 0.3 is 0 Å². The number of thioether (sulfide) groups is 1. The Morgan fingerprint density at radius 3 is 2.89 bits per heavy atom. The molecule has 0 saturated carbocycles. The van der Waals surface area contributed by atoms with E-state index in [2.05, 4.69) is 11.8 Å². The average molecular weight is 276 g/mol. The molecule has 1 aromatic carbocycles. The fourth-order valence-electron chi connectivity index (χ4n) is 1.42. The Morgan fingerprint density at radius 1 is 1.47 bits per heavy atom. The number of ether oxygens (including phenoxy) is 1. The van der Waals surface area contributed by atoms with E-state index in [1.807, 2.05) is 13.0 Å². The highest BCUT2D eigenvalue weighted by molar-refractivity contribution is 8.13. The van der Waals surface area contributed by atoms with Gasteiger partial charge in [-0.25, -0.2) is 0 Å². The van der Waals surface area contributed by atoms with Gasteiger partial charge in [-0.1, -0.05) is 23.6 Å². The van der Waals surface area contributed by atoms with E-state index in [1.165, 1.54) is 11.8 Å². The van der Waals surface area contributed by atoms with Crippen molar-refractivity contribution in [2.45, 2.75) is 20.3 Å². The van der Waals surface area contributed by atoms with Gasteiger partial charge in [-0.3, -0.25) is 9.59 Å². The number of benzene rings is 1. The third kappa shape index (κ3) is 5.62. The number of aldehydes is 1. The molecule has 0 fully saturated rings. The van der Waals surface area contributed by atoms with Crippen LogP contribution >= 0.6 is 11.8 Å². The second-order valence-electron chi connectivity index (χ2n) is 3.70. The molecule has 0 spiro atoms. The summed E-state index contributed by atoms with van der Waals surface area (Å²) in [4.78, 5) is 21.7. The highest BCUT2D eigenvalue weighted by atomic mass is 32.2. The van der Waals surface area contributed by atoms with Gasteiger partial charge in [0.15, 0.2) is 11.4 Å². The highest BCUT2D eigenvalue weighted by Crippen LogP contribution is 2.18. The summed E-state index contributed by atoms with van der Waals surface area (Å²) in [7, 11) is 0. The molecule has 1 aromatic rings. The lowest BCUT2D eigenvalue weighted by atomic mass is 10.1. The third-order valence-electron chi connectivity index (χ3n) is 2.20. The molecule has 0 N–H and O–H groups in total. The van der Waals surface area contributed by atoms with E-state index in [9.17, 15) is 9.59 Å². The SMILES string of the molecule is CCOc1ccc(C#CCCSC(C)=O)cc1C=O. The van der Waals surface area contributed by atoms with Crippen molar-refractivity contribution in [3.05, 3.63) is 29.3 Å². The van der Waals surface area contributed by atoms with Crippen LogP contribution in [-0.4, -0.2) is 23.8 Å². The minimum absolute atomic E-state index is 0.103. The Bertz CT molecular complexity index is 512. The topological polar surface area (TPSA) is 43.4 Å². The summed E-state index contributed by atoms with van der Waals surface area (Å²) in [5.41, 5.74) is 1.28. The van der Waals surface area contributed by atoms with Crippen molar-refractivity contribution in [2.24, 2.45) is 0 Å². The molecule has 0 aliphatic rings. The van der Waals surface area contributed by atoms with Crippen LogP contribution in [0.15, 0.2) is 18.2 Å². The number of rotatable bonds is 5. The van der Waals surface area contributed by atoms with E-state index >= 15 is 0 Å². The maximum atomic E-state index is 10.9. The maximum absolute atomic E-state index is 10.9. The second kappa shape index (κ2) is 8.39. The van der Waals surface area contributed by atoms with Crippen molar-refractivity contribution in [3.63, 3.8) is 0 Å². The summed E-state index contributed by atoms with van der Waals surface area (Å²) < 4.78 is 5.33. The number of hydrogen-bond acceptors (Lipinski definition) is 4. The first-order valence-electron chi connectivity index (χ1n) is 6.01. The number of carbonyl (C=O) groups excluding carboxylic acids is 2. The zero-order valence-corrected chi connectivity index (χ0v) is 11.9. The summed E-state index contributed by atoms with van der Waals surface area (Å²) in [6.07, 6.45) is 1.41. The monoisotopic (exact) mass is 276 g/mol. The zero-order chi connectivity index (χ0) is 14.1. The molecule has 0 radical (unpaired) electrons. The van der Waals surface area contributed by atoms with Crippen LogP contribution in [0.3, 0.4) is 0 Å². The summed E-state index contributed by atoms with van der Waals surface area (Å²) in [5.74, 6) is 7.23. The van der Waals surface area contributed by atoms with Crippen LogP contribution < -0.4 is 4.74 Å². The van der Waals surface area contributed by atoms with E-state index < -0.39 is 0 Å². The first kappa shape index (κ1) is 15.3. The fourth-order valence-corrected chi connectivity index (χ4v) is 1.91. The smallest absolute Gasteiger partial charge is 0.185 e. The van der Waals surface area contributed by atoms with Crippen LogP contribution in [0.2, 0.25) is 0 Å². The van der Waals surface area contributed by atoms with Crippen molar-refractivity contribution < 1.29 is 14.3 Å². The quantitative estimate of drug-likeness (QED) is 0.471. The van der Waals surface area contributed by atoms with Gasteiger partial charge in [-0.2, -0.15) is 0 Å². The van der Waals surface area contributed by atoms with Gasteiger partial charge in [-0.05, 0) is 25.1 Å². The standard InChI is InChI=1S/C15H16O3S/c1-3-18-15-8-7-13(10-14(15)11-16)6-4-5-9-19-12(2)17/h7-8,10-11H,3,5,9H2,1-2H3. The lowest BCUT2D eigenvalue weighted by Gasteiger charge is -2.05. The van der Waals surface area contributed by atoms with Gasteiger partial charge in [-0.15, -0.1) is 0 Å². The molecule has 19 heavy (non-hydrogen) atoms. The van der Waals surface area contributed by atoms with E-state index in [4.69, 9.17) is 4.74 Å². The summed E-state index contributed by atoms with van der Waals surface area (Å²) in [5, 5.41) is 0.103. The van der Waals surface area contributed by atoms with Crippen LogP contribution in [0.1, 0.15) is 36.2 Å². The minimum atomic E-state index is 0.103. The molecule has 0 aromatic heterocycles. The van der Waals surface area contributed by atoms with Gasteiger partial charge in [0, 0.05) is 24.7 Å². The summed E-state index contributed by atoms with van der Waals surface area (Å²) in [6.45, 7) is 3.93. The van der Waals surface area contributed by atoms with Crippen LogP contribution in [0.4, 0.5) is 0 Å². The molecule has 0 unspecified atom stereocenters. The van der Waals surface area contributed by atoms with Crippen molar-refractivity contribution in [1.29, 1.82) is 0 Å². The molecular formula is C15H16O3S. The molecule has 0 saturated heterocycles. The molecule has 1 rings (SSSR count). The van der Waals surface area contributed by atoms with Crippen molar-refractivity contribution >= 4 is 23.2 Å². The van der Waals surface area contributed by atoms with Gasteiger partial charge < -0.3 is 4.74 Å². The molecule has 0 amide bonds. The number of hydrogen-bond donors (Lipinski definition) is 0. The van der Waals surface area contributed by atoms with Crippen molar-refractivity contribution in [3.8, 4) is 17.6 Å². The van der Waals surface area contributed by atoms with E-state index in [-0.39, 0.29) is 5.12 Å². The Kier molecular flexibility index (Phi) is 6.76. The predicted molar refractivity (Wildman–Crippen MR) is 77.6 cm³/mol. The van der Waals surface area contributed by atoms with Gasteiger partial charge in [0.05, 0.1) is 12.2 Å². The first-order valence-corrected chi connectivity index (χ1v) is 7.00. The predicted octanol–water partition coefficient (Wildman–Crippen LogP) is 2.92. The molecule has 100 valence electrons. The van der Waals surface area contributed by atoms with Crippen molar-refractivity contribution in [1.82, 2.24) is 0 Å². The van der Waals surface area contributed by atoms with Crippen molar-refractivity contribution in [2.75, 3.05) is 12.4 Å². The molecule has 4 heteroatoms. The summed E-state index contributed by atoms with van der Waals surface area (Å²) in [6, 6.07) is 5.29. The zero-order valence-electron chi connectivity index (χ0n) is 11.1. The van der Waals surface area contributed by atoms with E-state index in [0.717, 1.165) is 11.8 Å². The van der Waals surface area contributed by atoms with Gasteiger partial charge in [0.1, 0.15) is 5.75 Å². The largest absolute Gasteiger partial charge is 0.493 e. The Labute approximate surface area is 117 Å². The molecule has 3 nitrogen and oxygen atoms in total. The van der Waals surface area contributed by atoms with Gasteiger partial charge in [0.25, 0.3) is 0 Å². The molecule has 0 atom stereocenters. The normalized spacial score (nSPS) is 9.37. The maximum Gasteiger partial charge on any atom is 0.185 e. The van der Waals surface area contributed by atoms with E-state index in [0.29, 0.717) is 30.1 Å². The van der Waals surface area contributed by atoms with Gasteiger partial charge in [0.2, 0.25) is 0 Å². The molecule has 0 heterocycles. The highest BCUT2D eigenvalue weighted by Gasteiger charge is 2.02. The van der Waals surface area contributed by atoms with Crippen LogP contribution in [0, 0.1) is 11.8 Å². The second-order valence-corrected chi connectivity index (χ2v) is 4.97. The Morgan fingerprint density at radius 2 is 2.26 bits per heavy atom. The van der Waals surface area contributed by atoms with E-state index in [1.54, 1.807) is 19.1 Å². The molecular weight excluding hydrogens is 260 g/mol. The fraction of sp³-hybridized carbons (Fsp3) is 0.333. The first-order chi connectivity index (χ1) is 9.17. The average Bonchev–Trinajstić information content (AvgIpc) is 2.39. The Hall–Kier alpha value is -1.73. The molecule has 0 aliphatic carbocycles. The lowest BCUT2D eigenvalue weighted by Crippen LogP contribution is -1.96. The summed E-state index contributed by atoms with van der Waals surface area (Å²) >= 11 is 1.27. The minimum Gasteiger partial charge on any atom is -0.493 e. The Balaban J connectivity index is 2.67. The molecule has 0 aliphatic heterocycles. The van der Waals surface area contributed by atoms with Crippen LogP contribution in [0.25, 0.3) is 0 Å². The molecule has 0 bridgehead atoms. The lowest BCUT2D eigenvalue weighted by molar-refractivity contribution is -0.109. The third-order valence-corrected chi connectivity index (χ3v) is 3.02. The van der Waals surface area contributed by atoms with Crippen LogP contribution in [-0.2, 0) is 4.79 Å². The number of carbonyl (C=O) groups is 2.